The maximum absolute atomic E-state index is 10.9. The minimum atomic E-state index is -0.968. The summed E-state index contributed by atoms with van der Waals surface area (Å²) in [5.41, 5.74) is 1.22. The molecule has 0 bridgehead atoms. The number of rotatable bonds is 3. The molecule has 3 nitrogen and oxygen atoms in total. The van der Waals surface area contributed by atoms with Crippen LogP contribution in [0.25, 0.3) is 0 Å². The number of carbonyl (C=O) groups is 1. The van der Waals surface area contributed by atoms with Crippen LogP contribution in [0, 0.1) is 0 Å². The third kappa shape index (κ3) is 1.82. The predicted molar refractivity (Wildman–Crippen MR) is 70.5 cm³/mol. The predicted octanol–water partition coefficient (Wildman–Crippen LogP) is 3.57. The standard InChI is InChI=1S/C13H10ClNO2S/c14-9-3-1-8(2-4-9)13(5-6-13)12-15-10(7-18-12)11(16)17/h1-4,7H,5-6H2,(H,16,17). The van der Waals surface area contributed by atoms with E-state index in [0.717, 1.165) is 23.4 Å². The SMILES string of the molecule is O=C(O)c1csc(C2(c3ccc(Cl)cc3)CC2)n1. The summed E-state index contributed by atoms with van der Waals surface area (Å²) in [6.07, 6.45) is 2.03. The molecule has 0 aliphatic heterocycles. The number of carboxylic acids is 1. The summed E-state index contributed by atoms with van der Waals surface area (Å²) in [5.74, 6) is -0.968. The Bertz CT molecular complexity index is 602. The lowest BCUT2D eigenvalue weighted by molar-refractivity contribution is 0.0691. The number of benzene rings is 1. The van der Waals surface area contributed by atoms with Crippen LogP contribution in [0.4, 0.5) is 0 Å². The first kappa shape index (κ1) is 11.7. The Hall–Kier alpha value is -1.39. The first-order valence-corrected chi connectivity index (χ1v) is 6.83. The van der Waals surface area contributed by atoms with Crippen LogP contribution in [0.3, 0.4) is 0 Å². The molecule has 1 saturated carbocycles. The van der Waals surface area contributed by atoms with Crippen LogP contribution >= 0.6 is 22.9 Å². The zero-order valence-corrected chi connectivity index (χ0v) is 11.0. The molecule has 1 fully saturated rings. The van der Waals surface area contributed by atoms with Crippen molar-refractivity contribution in [2.75, 3.05) is 0 Å². The number of hydrogen-bond donors (Lipinski definition) is 1. The lowest BCUT2D eigenvalue weighted by atomic mass is 9.97. The lowest BCUT2D eigenvalue weighted by Gasteiger charge is -2.12. The van der Waals surface area contributed by atoms with Crippen LogP contribution in [0.2, 0.25) is 5.02 Å². The van der Waals surface area contributed by atoms with Gasteiger partial charge in [0.05, 0.1) is 0 Å². The largest absolute Gasteiger partial charge is 0.476 e. The van der Waals surface area contributed by atoms with E-state index in [4.69, 9.17) is 16.7 Å². The Morgan fingerprint density at radius 1 is 1.33 bits per heavy atom. The highest BCUT2D eigenvalue weighted by molar-refractivity contribution is 7.10. The number of hydrogen-bond acceptors (Lipinski definition) is 3. The summed E-state index contributed by atoms with van der Waals surface area (Å²) in [5, 5.41) is 12.1. The van der Waals surface area contributed by atoms with Gasteiger partial charge in [-0.2, -0.15) is 0 Å². The van der Waals surface area contributed by atoms with Crippen molar-refractivity contribution in [3.8, 4) is 0 Å². The molecular weight excluding hydrogens is 270 g/mol. The van der Waals surface area contributed by atoms with Gasteiger partial charge in [-0.05, 0) is 30.5 Å². The quantitative estimate of drug-likeness (QED) is 0.934. The molecule has 1 heterocycles. The van der Waals surface area contributed by atoms with Crippen molar-refractivity contribution in [3.63, 3.8) is 0 Å². The molecular formula is C13H10ClNO2S. The first-order chi connectivity index (χ1) is 8.62. The molecule has 1 aromatic heterocycles. The topological polar surface area (TPSA) is 50.2 Å². The molecule has 0 spiro atoms. The van der Waals surface area contributed by atoms with Crippen molar-refractivity contribution in [3.05, 3.63) is 50.9 Å². The van der Waals surface area contributed by atoms with Crippen LogP contribution in [0.1, 0.15) is 33.9 Å². The van der Waals surface area contributed by atoms with E-state index in [-0.39, 0.29) is 11.1 Å². The molecule has 18 heavy (non-hydrogen) atoms. The maximum Gasteiger partial charge on any atom is 0.355 e. The van der Waals surface area contributed by atoms with E-state index in [2.05, 4.69) is 4.98 Å². The zero-order valence-electron chi connectivity index (χ0n) is 9.39. The molecule has 1 aliphatic carbocycles. The third-order valence-electron chi connectivity index (χ3n) is 3.28. The summed E-state index contributed by atoms with van der Waals surface area (Å²) < 4.78 is 0. The number of aromatic nitrogens is 1. The van der Waals surface area contributed by atoms with Crippen LogP contribution in [0.15, 0.2) is 29.6 Å². The van der Waals surface area contributed by atoms with Gasteiger partial charge < -0.3 is 5.11 Å². The fourth-order valence-electron chi connectivity index (χ4n) is 2.11. The fraction of sp³-hybridized carbons (Fsp3) is 0.231. The minimum Gasteiger partial charge on any atom is -0.476 e. The molecule has 1 N–H and O–H groups in total. The van der Waals surface area contributed by atoms with Gasteiger partial charge in [-0.3, -0.25) is 0 Å². The number of thiazole rings is 1. The number of aromatic carboxylic acids is 1. The molecule has 0 amide bonds. The van der Waals surface area contributed by atoms with Crippen LogP contribution in [0.5, 0.6) is 0 Å². The monoisotopic (exact) mass is 279 g/mol. The average Bonchev–Trinajstić information content (AvgIpc) is 3.00. The summed E-state index contributed by atoms with van der Waals surface area (Å²) in [4.78, 5) is 15.1. The van der Waals surface area contributed by atoms with Crippen molar-refractivity contribution in [2.24, 2.45) is 0 Å². The van der Waals surface area contributed by atoms with Gasteiger partial charge in [-0.15, -0.1) is 11.3 Å². The summed E-state index contributed by atoms with van der Waals surface area (Å²) >= 11 is 7.30. The highest BCUT2D eigenvalue weighted by Crippen LogP contribution is 2.54. The highest BCUT2D eigenvalue weighted by atomic mass is 35.5. The van der Waals surface area contributed by atoms with Gasteiger partial charge in [0, 0.05) is 15.8 Å². The summed E-state index contributed by atoms with van der Waals surface area (Å²) in [7, 11) is 0. The second-order valence-corrected chi connectivity index (χ2v) is 5.73. The number of carboxylic acid groups (broad SMARTS) is 1. The Morgan fingerprint density at radius 3 is 2.50 bits per heavy atom. The molecule has 1 aliphatic rings. The summed E-state index contributed by atoms with van der Waals surface area (Å²) in [6.45, 7) is 0. The smallest absolute Gasteiger partial charge is 0.355 e. The van der Waals surface area contributed by atoms with Crippen LogP contribution in [-0.2, 0) is 5.41 Å². The van der Waals surface area contributed by atoms with E-state index in [1.165, 1.54) is 11.3 Å². The average molecular weight is 280 g/mol. The fourth-order valence-corrected chi connectivity index (χ4v) is 3.31. The second-order valence-electron chi connectivity index (χ2n) is 4.43. The Labute approximate surface area is 113 Å². The lowest BCUT2D eigenvalue weighted by Crippen LogP contribution is -2.09. The number of nitrogens with zero attached hydrogens (tertiary/aromatic N) is 1. The van der Waals surface area contributed by atoms with E-state index in [1.54, 1.807) is 5.38 Å². The molecule has 0 radical (unpaired) electrons. The maximum atomic E-state index is 10.9. The van der Waals surface area contributed by atoms with Crippen molar-refractivity contribution in [1.82, 2.24) is 4.98 Å². The van der Waals surface area contributed by atoms with Crippen molar-refractivity contribution >= 4 is 28.9 Å². The normalized spacial score (nSPS) is 16.5. The molecule has 0 atom stereocenters. The third-order valence-corrected chi connectivity index (χ3v) is 4.58. The van der Waals surface area contributed by atoms with Gasteiger partial charge in [-0.1, -0.05) is 23.7 Å². The van der Waals surface area contributed by atoms with Crippen LogP contribution < -0.4 is 0 Å². The van der Waals surface area contributed by atoms with Gasteiger partial charge in [-0.25, -0.2) is 9.78 Å². The highest BCUT2D eigenvalue weighted by Gasteiger charge is 2.48. The van der Waals surface area contributed by atoms with E-state index >= 15 is 0 Å². The van der Waals surface area contributed by atoms with Gasteiger partial charge in [0.1, 0.15) is 5.01 Å². The zero-order chi connectivity index (χ0) is 12.8. The van der Waals surface area contributed by atoms with Gasteiger partial charge in [0.2, 0.25) is 0 Å². The second kappa shape index (κ2) is 4.07. The van der Waals surface area contributed by atoms with E-state index < -0.39 is 5.97 Å². The molecule has 5 heteroatoms. The van der Waals surface area contributed by atoms with Crippen LogP contribution in [-0.4, -0.2) is 16.1 Å². The molecule has 92 valence electrons. The molecule has 1 aromatic carbocycles. The van der Waals surface area contributed by atoms with Crippen molar-refractivity contribution < 1.29 is 9.90 Å². The molecule has 2 aromatic rings. The Morgan fingerprint density at radius 2 is 2.00 bits per heavy atom. The molecule has 0 saturated heterocycles. The van der Waals surface area contributed by atoms with Gasteiger partial charge in [0.25, 0.3) is 0 Å². The summed E-state index contributed by atoms with van der Waals surface area (Å²) in [6, 6.07) is 7.72. The Balaban J connectivity index is 1.99. The number of halogens is 1. The van der Waals surface area contributed by atoms with E-state index in [0.29, 0.717) is 5.02 Å². The van der Waals surface area contributed by atoms with Crippen molar-refractivity contribution in [2.45, 2.75) is 18.3 Å². The van der Waals surface area contributed by atoms with Gasteiger partial charge in [0.15, 0.2) is 5.69 Å². The molecule has 3 rings (SSSR count). The minimum absolute atomic E-state index is 0.0804. The Kier molecular flexibility index (Phi) is 2.64. The van der Waals surface area contributed by atoms with Gasteiger partial charge >= 0.3 is 5.97 Å². The first-order valence-electron chi connectivity index (χ1n) is 5.57. The van der Waals surface area contributed by atoms with Crippen molar-refractivity contribution in [1.29, 1.82) is 0 Å². The molecule has 0 unspecified atom stereocenters. The van der Waals surface area contributed by atoms with E-state index in [9.17, 15) is 4.79 Å². The van der Waals surface area contributed by atoms with E-state index in [1.807, 2.05) is 24.3 Å².